The number of benzene rings is 1. The van der Waals surface area contributed by atoms with Crippen LogP contribution in [0.15, 0.2) is 24.4 Å². The molecular formula is C21H26FN3O. The summed E-state index contributed by atoms with van der Waals surface area (Å²) in [5, 5.41) is 7.25. The molecule has 4 fully saturated rings. The van der Waals surface area contributed by atoms with E-state index < -0.39 is 0 Å². The Morgan fingerprint density at radius 2 is 1.85 bits per heavy atom. The summed E-state index contributed by atoms with van der Waals surface area (Å²) in [5.41, 5.74) is 2.01. The van der Waals surface area contributed by atoms with Gasteiger partial charge < -0.3 is 15.6 Å². The van der Waals surface area contributed by atoms with E-state index in [2.05, 4.69) is 15.6 Å². The molecule has 2 aromatic rings. The zero-order valence-corrected chi connectivity index (χ0v) is 15.0. The van der Waals surface area contributed by atoms with Gasteiger partial charge in [0.25, 0.3) is 0 Å². The van der Waals surface area contributed by atoms with Crippen molar-refractivity contribution < 1.29 is 9.18 Å². The lowest BCUT2D eigenvalue weighted by Crippen LogP contribution is -2.61. The van der Waals surface area contributed by atoms with Gasteiger partial charge in [-0.3, -0.25) is 0 Å². The molecule has 1 aromatic carbocycles. The molecule has 0 saturated heterocycles. The highest BCUT2D eigenvalue weighted by Crippen LogP contribution is 2.55. The van der Waals surface area contributed by atoms with Crippen molar-refractivity contribution in [1.82, 2.24) is 15.6 Å². The van der Waals surface area contributed by atoms with Crippen molar-refractivity contribution in [3.05, 3.63) is 35.8 Å². The van der Waals surface area contributed by atoms with Crippen molar-refractivity contribution in [1.29, 1.82) is 0 Å². The quantitative estimate of drug-likeness (QED) is 0.759. The maximum atomic E-state index is 13.5. The first kappa shape index (κ1) is 16.2. The molecule has 4 aliphatic carbocycles. The van der Waals surface area contributed by atoms with E-state index in [1.165, 1.54) is 25.3 Å². The number of aromatic nitrogens is 1. The molecule has 0 spiro atoms. The lowest BCUT2D eigenvalue weighted by Gasteiger charge is -2.56. The van der Waals surface area contributed by atoms with Gasteiger partial charge in [-0.1, -0.05) is 0 Å². The van der Waals surface area contributed by atoms with Crippen LogP contribution in [0.3, 0.4) is 0 Å². The average molecular weight is 355 g/mol. The van der Waals surface area contributed by atoms with Crippen LogP contribution in [-0.4, -0.2) is 23.1 Å². The Bertz CT molecular complexity index is 808. The number of carbonyl (C=O) groups excluding carboxylic acids is 1. The van der Waals surface area contributed by atoms with Crippen molar-refractivity contribution in [2.24, 2.45) is 17.8 Å². The lowest BCUT2D eigenvalue weighted by atomic mass is 9.53. The number of H-pyrrole nitrogens is 1. The van der Waals surface area contributed by atoms with Crippen LogP contribution in [0.25, 0.3) is 10.9 Å². The van der Waals surface area contributed by atoms with Crippen LogP contribution in [-0.2, 0) is 6.42 Å². The molecule has 4 saturated carbocycles. The third-order valence-electron chi connectivity index (χ3n) is 6.83. The molecule has 4 bridgehead atoms. The number of nitrogens with one attached hydrogen (secondary N) is 3. The van der Waals surface area contributed by atoms with Crippen LogP contribution in [0.1, 0.15) is 44.1 Å². The Hall–Kier alpha value is -2.04. The van der Waals surface area contributed by atoms with Gasteiger partial charge in [0.05, 0.1) is 0 Å². The van der Waals surface area contributed by atoms with E-state index in [-0.39, 0.29) is 17.4 Å². The van der Waals surface area contributed by atoms with Crippen molar-refractivity contribution in [2.45, 2.75) is 50.5 Å². The van der Waals surface area contributed by atoms with Crippen molar-refractivity contribution in [3.63, 3.8) is 0 Å². The number of hydrogen-bond donors (Lipinski definition) is 3. The fraction of sp³-hybridized carbons (Fsp3) is 0.571. The first-order valence-electron chi connectivity index (χ1n) is 9.90. The summed E-state index contributed by atoms with van der Waals surface area (Å²) in [4.78, 5) is 15.6. The second-order valence-electron chi connectivity index (χ2n) is 8.83. The molecule has 3 N–H and O–H groups in total. The number of halogens is 1. The molecule has 4 aliphatic rings. The molecule has 0 atom stereocenters. The van der Waals surface area contributed by atoms with Crippen LogP contribution >= 0.6 is 0 Å². The molecule has 26 heavy (non-hydrogen) atoms. The highest BCUT2D eigenvalue weighted by atomic mass is 19.1. The fourth-order valence-corrected chi connectivity index (χ4v) is 6.22. The minimum Gasteiger partial charge on any atom is -0.361 e. The summed E-state index contributed by atoms with van der Waals surface area (Å²) in [6.07, 6.45) is 10.2. The van der Waals surface area contributed by atoms with Crippen LogP contribution < -0.4 is 10.6 Å². The number of rotatable bonds is 4. The number of hydrogen-bond acceptors (Lipinski definition) is 1. The molecule has 1 aromatic heterocycles. The fourth-order valence-electron chi connectivity index (χ4n) is 6.22. The van der Waals surface area contributed by atoms with Gasteiger partial charge in [0.2, 0.25) is 0 Å². The number of aromatic amines is 1. The van der Waals surface area contributed by atoms with E-state index >= 15 is 0 Å². The summed E-state index contributed by atoms with van der Waals surface area (Å²) in [7, 11) is 0. The third-order valence-corrected chi connectivity index (χ3v) is 6.83. The normalized spacial score (nSPS) is 32.1. The van der Waals surface area contributed by atoms with Crippen LogP contribution in [0.4, 0.5) is 9.18 Å². The molecule has 6 rings (SSSR count). The van der Waals surface area contributed by atoms with Gasteiger partial charge in [-0.15, -0.1) is 0 Å². The molecule has 5 heteroatoms. The average Bonchev–Trinajstić information content (AvgIpc) is 2.95. The number of carbonyl (C=O) groups is 1. The minimum absolute atomic E-state index is 0.0435. The smallest absolute Gasteiger partial charge is 0.315 e. The van der Waals surface area contributed by atoms with E-state index in [0.717, 1.165) is 53.5 Å². The highest BCUT2D eigenvalue weighted by molar-refractivity contribution is 5.83. The number of fused-ring (bicyclic) bond motifs is 1. The van der Waals surface area contributed by atoms with Gasteiger partial charge >= 0.3 is 6.03 Å². The highest BCUT2D eigenvalue weighted by Gasteiger charge is 2.51. The van der Waals surface area contributed by atoms with Gasteiger partial charge in [-0.25, -0.2) is 9.18 Å². The van der Waals surface area contributed by atoms with Gasteiger partial charge in [-0.05, 0) is 86.5 Å². The predicted molar refractivity (Wildman–Crippen MR) is 99.4 cm³/mol. The van der Waals surface area contributed by atoms with Crippen LogP contribution in [0.2, 0.25) is 0 Å². The monoisotopic (exact) mass is 355 g/mol. The van der Waals surface area contributed by atoms with Gasteiger partial charge in [0, 0.05) is 29.2 Å². The molecule has 0 radical (unpaired) electrons. The zero-order valence-electron chi connectivity index (χ0n) is 15.0. The largest absolute Gasteiger partial charge is 0.361 e. The Morgan fingerprint density at radius 3 is 2.54 bits per heavy atom. The lowest BCUT2D eigenvalue weighted by molar-refractivity contribution is -0.0135. The summed E-state index contributed by atoms with van der Waals surface area (Å²) < 4.78 is 13.5. The molecule has 0 unspecified atom stereocenters. The van der Waals surface area contributed by atoms with E-state index in [9.17, 15) is 9.18 Å². The van der Waals surface area contributed by atoms with Crippen molar-refractivity contribution in [2.75, 3.05) is 6.54 Å². The van der Waals surface area contributed by atoms with E-state index in [1.54, 1.807) is 12.1 Å². The Labute approximate surface area is 152 Å². The molecular weight excluding hydrogens is 329 g/mol. The van der Waals surface area contributed by atoms with Crippen LogP contribution in [0.5, 0.6) is 0 Å². The van der Waals surface area contributed by atoms with E-state index in [1.807, 2.05) is 6.20 Å². The number of amides is 2. The summed E-state index contributed by atoms with van der Waals surface area (Å²) in [5.74, 6) is 2.24. The molecule has 0 aliphatic heterocycles. The second-order valence-corrected chi connectivity index (χ2v) is 8.83. The molecule has 2 amide bonds. The molecule has 1 heterocycles. The zero-order chi connectivity index (χ0) is 17.7. The maximum absolute atomic E-state index is 13.5. The summed E-state index contributed by atoms with van der Waals surface area (Å²) in [6, 6.07) is 4.72. The first-order valence-corrected chi connectivity index (χ1v) is 9.90. The number of urea groups is 1. The van der Waals surface area contributed by atoms with Gasteiger partial charge in [0.15, 0.2) is 0 Å². The van der Waals surface area contributed by atoms with Gasteiger partial charge in [-0.2, -0.15) is 0 Å². The summed E-state index contributed by atoms with van der Waals surface area (Å²) >= 11 is 0. The first-order chi connectivity index (χ1) is 12.6. The van der Waals surface area contributed by atoms with Crippen LogP contribution in [0, 0.1) is 23.6 Å². The Balaban J connectivity index is 1.18. The molecule has 138 valence electrons. The minimum atomic E-state index is -0.231. The standard InChI is InChI=1S/C21H26FN3O/c22-17-1-2-19-18(8-17)16(12-24-19)3-4-23-20(26)25-21-9-13-5-14(10-21)7-15(6-13)11-21/h1-2,8,12-15,24H,3-7,9-11H2,(H2,23,25,26). The van der Waals surface area contributed by atoms with E-state index in [0.29, 0.717) is 13.0 Å². The van der Waals surface area contributed by atoms with Crippen molar-refractivity contribution in [3.8, 4) is 0 Å². The summed E-state index contributed by atoms with van der Waals surface area (Å²) in [6.45, 7) is 0.557. The maximum Gasteiger partial charge on any atom is 0.315 e. The SMILES string of the molecule is O=C(NCCc1c[nH]c2ccc(F)cc12)NC12CC3CC(CC(C3)C1)C2. The Kier molecular flexibility index (Phi) is 3.73. The van der Waals surface area contributed by atoms with E-state index in [4.69, 9.17) is 0 Å². The van der Waals surface area contributed by atoms with Gasteiger partial charge in [0.1, 0.15) is 5.82 Å². The second kappa shape index (κ2) is 6.00. The topological polar surface area (TPSA) is 56.9 Å². The third kappa shape index (κ3) is 2.87. The molecule has 4 nitrogen and oxygen atoms in total. The Morgan fingerprint density at radius 1 is 1.15 bits per heavy atom. The predicted octanol–water partition coefficient (Wildman–Crippen LogP) is 4.12. The van der Waals surface area contributed by atoms with Crippen molar-refractivity contribution >= 4 is 16.9 Å².